The first-order valence-electron chi connectivity index (χ1n) is 6.52. The van der Waals surface area contributed by atoms with Crippen molar-refractivity contribution in [3.8, 4) is 5.75 Å². The van der Waals surface area contributed by atoms with E-state index in [1.807, 2.05) is 49.4 Å². The van der Waals surface area contributed by atoms with Crippen LogP contribution in [0.25, 0.3) is 0 Å². The van der Waals surface area contributed by atoms with Crippen LogP contribution in [0.5, 0.6) is 5.75 Å². The summed E-state index contributed by atoms with van der Waals surface area (Å²) < 4.78 is 11.3. The highest BCUT2D eigenvalue weighted by Crippen LogP contribution is 2.23. The van der Waals surface area contributed by atoms with Crippen molar-refractivity contribution in [3.63, 3.8) is 0 Å². The van der Waals surface area contributed by atoms with Crippen LogP contribution in [0.4, 0.5) is 5.69 Å². The van der Waals surface area contributed by atoms with E-state index in [0.717, 1.165) is 21.9 Å². The maximum absolute atomic E-state index is 5.84. The minimum absolute atomic E-state index is 0.461. The van der Waals surface area contributed by atoms with Gasteiger partial charge in [0.15, 0.2) is 0 Å². The molecule has 20 heavy (non-hydrogen) atoms. The van der Waals surface area contributed by atoms with Gasteiger partial charge in [0.25, 0.3) is 0 Å². The van der Waals surface area contributed by atoms with Gasteiger partial charge in [0, 0.05) is 16.3 Å². The molecular formula is C16H18ClNO2. The molecule has 2 aromatic rings. The van der Waals surface area contributed by atoms with Gasteiger partial charge in [-0.15, -0.1) is 0 Å². The molecule has 0 atom stereocenters. The molecule has 0 aliphatic heterocycles. The summed E-state index contributed by atoms with van der Waals surface area (Å²) in [5.74, 6) is 0.817. The molecule has 0 saturated carbocycles. The lowest BCUT2D eigenvalue weighted by Gasteiger charge is -2.11. The second-order valence-corrected chi connectivity index (χ2v) is 4.86. The van der Waals surface area contributed by atoms with Crippen LogP contribution in [0.15, 0.2) is 42.5 Å². The summed E-state index contributed by atoms with van der Waals surface area (Å²) in [4.78, 5) is 0. The quantitative estimate of drug-likeness (QED) is 0.817. The third kappa shape index (κ3) is 4.15. The van der Waals surface area contributed by atoms with Gasteiger partial charge in [-0.2, -0.15) is 0 Å². The molecule has 3 nitrogen and oxygen atoms in total. The van der Waals surface area contributed by atoms with E-state index in [2.05, 4.69) is 0 Å². The number of anilines is 1. The summed E-state index contributed by atoms with van der Waals surface area (Å²) in [7, 11) is 0. The number of hydrogen-bond acceptors (Lipinski definition) is 3. The van der Waals surface area contributed by atoms with Crippen LogP contribution in [-0.2, 0) is 18.0 Å². The first-order chi connectivity index (χ1) is 9.69. The molecule has 2 rings (SSSR count). The molecule has 0 amide bonds. The van der Waals surface area contributed by atoms with Gasteiger partial charge < -0.3 is 15.2 Å². The van der Waals surface area contributed by atoms with Gasteiger partial charge in [-0.25, -0.2) is 0 Å². The Kier molecular flexibility index (Phi) is 5.27. The van der Waals surface area contributed by atoms with E-state index in [9.17, 15) is 0 Å². The van der Waals surface area contributed by atoms with Crippen molar-refractivity contribution in [1.29, 1.82) is 0 Å². The van der Waals surface area contributed by atoms with Gasteiger partial charge in [-0.3, -0.25) is 0 Å². The minimum Gasteiger partial charge on any atom is -0.494 e. The lowest BCUT2D eigenvalue weighted by atomic mass is 10.2. The fourth-order valence-electron chi connectivity index (χ4n) is 1.87. The molecule has 0 spiro atoms. The topological polar surface area (TPSA) is 44.5 Å². The summed E-state index contributed by atoms with van der Waals surface area (Å²) in [6, 6.07) is 13.2. The zero-order valence-electron chi connectivity index (χ0n) is 11.4. The molecule has 2 N–H and O–H groups in total. The fourth-order valence-corrected chi connectivity index (χ4v) is 1.99. The molecule has 2 aromatic carbocycles. The summed E-state index contributed by atoms with van der Waals surface area (Å²) >= 11 is 5.84. The standard InChI is InChI=1S/C16H18ClNO2/c1-2-20-16-8-7-15(18)9-13(16)11-19-10-12-3-5-14(17)6-4-12/h3-9H,2,10-11,18H2,1H3. The molecule has 0 radical (unpaired) electrons. The van der Waals surface area contributed by atoms with E-state index in [0.29, 0.717) is 25.5 Å². The number of nitrogen functional groups attached to an aromatic ring is 1. The predicted octanol–water partition coefficient (Wildman–Crippen LogP) is 4.04. The van der Waals surface area contributed by atoms with Crippen molar-refractivity contribution in [3.05, 3.63) is 58.6 Å². The number of nitrogens with two attached hydrogens (primary N) is 1. The van der Waals surface area contributed by atoms with Gasteiger partial charge in [-0.1, -0.05) is 23.7 Å². The van der Waals surface area contributed by atoms with Crippen LogP contribution in [-0.4, -0.2) is 6.61 Å². The average molecular weight is 292 g/mol. The summed E-state index contributed by atoms with van der Waals surface area (Å²) in [6.07, 6.45) is 0. The van der Waals surface area contributed by atoms with Crippen molar-refractivity contribution in [2.75, 3.05) is 12.3 Å². The van der Waals surface area contributed by atoms with Crippen LogP contribution in [0.2, 0.25) is 5.02 Å². The van der Waals surface area contributed by atoms with E-state index in [1.165, 1.54) is 0 Å². The van der Waals surface area contributed by atoms with Crippen LogP contribution < -0.4 is 10.5 Å². The second-order valence-electron chi connectivity index (χ2n) is 4.42. The third-order valence-electron chi connectivity index (χ3n) is 2.82. The minimum atomic E-state index is 0.461. The van der Waals surface area contributed by atoms with Gasteiger partial charge in [0.05, 0.1) is 19.8 Å². The van der Waals surface area contributed by atoms with Crippen LogP contribution in [0.3, 0.4) is 0 Å². The van der Waals surface area contributed by atoms with E-state index >= 15 is 0 Å². The smallest absolute Gasteiger partial charge is 0.124 e. The number of benzene rings is 2. The molecule has 0 unspecified atom stereocenters. The maximum atomic E-state index is 5.84. The lowest BCUT2D eigenvalue weighted by molar-refractivity contribution is 0.105. The summed E-state index contributed by atoms with van der Waals surface area (Å²) in [6.45, 7) is 3.56. The first-order valence-corrected chi connectivity index (χ1v) is 6.90. The number of ether oxygens (including phenoxy) is 2. The Labute approximate surface area is 124 Å². The largest absolute Gasteiger partial charge is 0.494 e. The molecule has 0 saturated heterocycles. The van der Waals surface area contributed by atoms with Crippen molar-refractivity contribution in [1.82, 2.24) is 0 Å². The highest BCUT2D eigenvalue weighted by molar-refractivity contribution is 6.30. The fraction of sp³-hybridized carbons (Fsp3) is 0.250. The van der Waals surface area contributed by atoms with E-state index in [1.54, 1.807) is 0 Å². The average Bonchev–Trinajstić information content (AvgIpc) is 2.44. The van der Waals surface area contributed by atoms with Crippen LogP contribution in [0.1, 0.15) is 18.1 Å². The third-order valence-corrected chi connectivity index (χ3v) is 3.08. The van der Waals surface area contributed by atoms with Crippen molar-refractivity contribution >= 4 is 17.3 Å². The Balaban J connectivity index is 1.96. The Morgan fingerprint density at radius 2 is 1.80 bits per heavy atom. The number of rotatable bonds is 6. The second kappa shape index (κ2) is 7.17. The Bertz CT molecular complexity index is 555. The Morgan fingerprint density at radius 1 is 1.05 bits per heavy atom. The van der Waals surface area contributed by atoms with Crippen molar-refractivity contribution < 1.29 is 9.47 Å². The Hall–Kier alpha value is -1.71. The van der Waals surface area contributed by atoms with Crippen LogP contribution in [0, 0.1) is 0 Å². The number of hydrogen-bond donors (Lipinski definition) is 1. The molecule has 0 heterocycles. The molecular weight excluding hydrogens is 274 g/mol. The van der Waals surface area contributed by atoms with Crippen molar-refractivity contribution in [2.24, 2.45) is 0 Å². The molecule has 106 valence electrons. The molecule has 0 aromatic heterocycles. The summed E-state index contributed by atoms with van der Waals surface area (Å²) in [5, 5.41) is 0.725. The van der Waals surface area contributed by atoms with Gasteiger partial charge in [0.1, 0.15) is 5.75 Å². The van der Waals surface area contributed by atoms with Gasteiger partial charge in [-0.05, 0) is 42.8 Å². The highest BCUT2D eigenvalue weighted by atomic mass is 35.5. The lowest BCUT2D eigenvalue weighted by Crippen LogP contribution is -2.01. The molecule has 0 fully saturated rings. The van der Waals surface area contributed by atoms with E-state index in [-0.39, 0.29) is 0 Å². The Morgan fingerprint density at radius 3 is 2.50 bits per heavy atom. The van der Waals surface area contributed by atoms with Gasteiger partial charge in [0.2, 0.25) is 0 Å². The highest BCUT2D eigenvalue weighted by Gasteiger charge is 2.04. The molecule has 0 aliphatic rings. The maximum Gasteiger partial charge on any atom is 0.124 e. The SMILES string of the molecule is CCOc1ccc(N)cc1COCc1ccc(Cl)cc1. The summed E-state index contributed by atoms with van der Waals surface area (Å²) in [5.41, 5.74) is 8.54. The molecule has 0 aliphatic carbocycles. The van der Waals surface area contributed by atoms with Crippen molar-refractivity contribution in [2.45, 2.75) is 20.1 Å². The molecule has 4 heteroatoms. The van der Waals surface area contributed by atoms with Gasteiger partial charge >= 0.3 is 0 Å². The van der Waals surface area contributed by atoms with Crippen LogP contribution >= 0.6 is 11.6 Å². The zero-order chi connectivity index (χ0) is 14.4. The first kappa shape index (κ1) is 14.7. The zero-order valence-corrected chi connectivity index (χ0v) is 12.2. The monoisotopic (exact) mass is 291 g/mol. The van der Waals surface area contributed by atoms with E-state index < -0.39 is 0 Å². The molecule has 0 bridgehead atoms. The van der Waals surface area contributed by atoms with E-state index in [4.69, 9.17) is 26.8 Å². The number of halogens is 1. The normalized spacial score (nSPS) is 10.5. The predicted molar refractivity (Wildman–Crippen MR) is 82.0 cm³/mol.